The van der Waals surface area contributed by atoms with E-state index in [1.54, 1.807) is 0 Å². The van der Waals surface area contributed by atoms with E-state index < -0.39 is 0 Å². The van der Waals surface area contributed by atoms with E-state index in [9.17, 15) is 4.79 Å². The zero-order valence-electron chi connectivity index (χ0n) is 15.6. The molecule has 1 heterocycles. The number of ether oxygens (including phenoxy) is 2. The van der Waals surface area contributed by atoms with Gasteiger partial charge in [0, 0.05) is 0 Å². The summed E-state index contributed by atoms with van der Waals surface area (Å²) in [5.41, 5.74) is 3.83. The average molecular weight is 328 g/mol. The van der Waals surface area contributed by atoms with Crippen molar-refractivity contribution in [2.24, 2.45) is 0 Å². The number of hydrogen-bond donors (Lipinski definition) is 0. The predicted molar refractivity (Wildman–Crippen MR) is 97.6 cm³/mol. The van der Waals surface area contributed by atoms with Gasteiger partial charge in [0.05, 0.1) is 6.61 Å². The number of esters is 1. The van der Waals surface area contributed by atoms with Crippen LogP contribution in [0.15, 0.2) is 41.7 Å². The zero-order valence-corrected chi connectivity index (χ0v) is 15.6. The van der Waals surface area contributed by atoms with Crippen LogP contribution in [0.1, 0.15) is 59.1 Å². The number of carbonyl (C=O) groups is 1. The molecule has 3 heteroatoms. The van der Waals surface area contributed by atoms with Gasteiger partial charge >= 0.3 is 5.97 Å². The van der Waals surface area contributed by atoms with E-state index in [1.165, 1.54) is 5.56 Å². The summed E-state index contributed by atoms with van der Waals surface area (Å²) in [5.74, 6) is 0.313. The molecule has 1 aliphatic heterocycles. The Labute approximate surface area is 145 Å². The van der Waals surface area contributed by atoms with Crippen LogP contribution in [0.5, 0.6) is 0 Å². The number of rotatable bonds is 4. The van der Waals surface area contributed by atoms with Crippen LogP contribution in [0.4, 0.5) is 0 Å². The van der Waals surface area contributed by atoms with Gasteiger partial charge in [-0.1, -0.05) is 52.0 Å². The molecule has 0 radical (unpaired) electrons. The lowest BCUT2D eigenvalue weighted by atomic mass is 9.85. The molecule has 0 bridgehead atoms. The van der Waals surface area contributed by atoms with Crippen LogP contribution in [-0.2, 0) is 19.7 Å². The van der Waals surface area contributed by atoms with Crippen LogP contribution in [0.2, 0.25) is 0 Å². The summed E-state index contributed by atoms with van der Waals surface area (Å²) in [7, 11) is 0. The number of hydrogen-bond acceptors (Lipinski definition) is 3. The Morgan fingerprint density at radius 3 is 2.29 bits per heavy atom. The lowest BCUT2D eigenvalue weighted by molar-refractivity contribution is -0.138. The van der Waals surface area contributed by atoms with Crippen molar-refractivity contribution in [1.29, 1.82) is 0 Å². The first-order valence-electron chi connectivity index (χ1n) is 8.65. The lowest BCUT2D eigenvalue weighted by Gasteiger charge is -2.26. The second kappa shape index (κ2) is 7.25. The van der Waals surface area contributed by atoms with Crippen LogP contribution in [0.25, 0.3) is 5.57 Å². The van der Waals surface area contributed by atoms with Gasteiger partial charge in [0.15, 0.2) is 0 Å². The van der Waals surface area contributed by atoms with Crippen LogP contribution >= 0.6 is 0 Å². The third kappa shape index (κ3) is 3.89. The van der Waals surface area contributed by atoms with Gasteiger partial charge in [-0.15, -0.1) is 0 Å². The second-order valence-electron chi connectivity index (χ2n) is 7.12. The first kappa shape index (κ1) is 18.3. The highest BCUT2D eigenvalue weighted by atomic mass is 16.5. The molecule has 0 N–H and O–H groups in total. The first-order chi connectivity index (χ1) is 11.3. The number of carbonyl (C=O) groups excluding carboxylic acids is 1. The van der Waals surface area contributed by atoms with Gasteiger partial charge in [-0.2, -0.15) is 0 Å². The summed E-state index contributed by atoms with van der Waals surface area (Å²) in [6, 6.07) is 8.42. The molecule has 1 aliphatic rings. The summed E-state index contributed by atoms with van der Waals surface area (Å²) in [4.78, 5) is 12.4. The summed E-state index contributed by atoms with van der Waals surface area (Å²) in [5, 5.41) is 0. The van der Waals surface area contributed by atoms with E-state index in [2.05, 4.69) is 52.0 Å². The molecule has 3 nitrogen and oxygen atoms in total. The van der Waals surface area contributed by atoms with Crippen molar-refractivity contribution in [2.45, 2.75) is 59.5 Å². The second-order valence-corrected chi connectivity index (χ2v) is 7.12. The monoisotopic (exact) mass is 328 g/mol. The molecule has 0 saturated heterocycles. The maximum Gasteiger partial charge on any atom is 0.342 e. The Hall–Kier alpha value is -2.03. The van der Waals surface area contributed by atoms with Crippen LogP contribution in [0, 0.1) is 0 Å². The van der Waals surface area contributed by atoms with E-state index in [0.29, 0.717) is 17.9 Å². The maximum absolute atomic E-state index is 12.4. The molecular formula is C21H28O3. The van der Waals surface area contributed by atoms with Crippen molar-refractivity contribution in [2.75, 3.05) is 6.61 Å². The zero-order chi connectivity index (χ0) is 17.9. The third-order valence-corrected chi connectivity index (χ3v) is 4.25. The minimum atomic E-state index is -0.323. The molecule has 24 heavy (non-hydrogen) atoms. The Morgan fingerprint density at radius 1 is 1.17 bits per heavy atom. The van der Waals surface area contributed by atoms with Crippen molar-refractivity contribution in [3.05, 3.63) is 52.8 Å². The third-order valence-electron chi connectivity index (χ3n) is 4.25. The minimum absolute atomic E-state index is 0.0135. The van der Waals surface area contributed by atoms with Gasteiger partial charge < -0.3 is 9.47 Å². The highest BCUT2D eigenvalue weighted by molar-refractivity contribution is 6.07. The molecule has 0 saturated carbocycles. The van der Waals surface area contributed by atoms with Gasteiger partial charge in [-0.3, -0.25) is 0 Å². The minimum Gasteiger partial charge on any atom is -0.490 e. The number of benzene rings is 1. The van der Waals surface area contributed by atoms with E-state index in [4.69, 9.17) is 9.47 Å². The summed E-state index contributed by atoms with van der Waals surface area (Å²) in [6.45, 7) is 12.7. The molecule has 1 aromatic carbocycles. The SMILES string of the molecule is CCOC(=O)C1=C(C)OC(CC)C=C1c1ccc(C(C)(C)C)cc1. The fraction of sp³-hybridized carbons (Fsp3) is 0.476. The first-order valence-corrected chi connectivity index (χ1v) is 8.65. The van der Waals surface area contributed by atoms with E-state index >= 15 is 0 Å². The average Bonchev–Trinajstić information content (AvgIpc) is 2.53. The standard InChI is InChI=1S/C21H28O3/c1-7-17-13-18(19(14(3)24-17)20(22)23-8-2)15-9-11-16(12-10-15)21(4,5)6/h9-13,17H,7-8H2,1-6H3. The smallest absolute Gasteiger partial charge is 0.342 e. The van der Waals surface area contributed by atoms with Crippen LogP contribution in [0.3, 0.4) is 0 Å². The summed E-state index contributed by atoms with van der Waals surface area (Å²) in [6.07, 6.45) is 2.88. The Kier molecular flexibility index (Phi) is 5.53. The molecule has 130 valence electrons. The summed E-state index contributed by atoms with van der Waals surface area (Å²) < 4.78 is 11.1. The summed E-state index contributed by atoms with van der Waals surface area (Å²) >= 11 is 0. The predicted octanol–water partition coefficient (Wildman–Crippen LogP) is 5.01. The highest BCUT2D eigenvalue weighted by Crippen LogP contribution is 2.34. The molecule has 0 fully saturated rings. The van der Waals surface area contributed by atoms with Gasteiger partial charge in [0.1, 0.15) is 17.4 Å². The van der Waals surface area contributed by atoms with Crippen LogP contribution < -0.4 is 0 Å². The van der Waals surface area contributed by atoms with Gasteiger partial charge in [-0.25, -0.2) is 4.79 Å². The largest absolute Gasteiger partial charge is 0.490 e. The van der Waals surface area contributed by atoms with E-state index in [-0.39, 0.29) is 17.5 Å². The molecule has 0 amide bonds. The number of allylic oxidation sites excluding steroid dienone is 1. The molecule has 1 aromatic rings. The van der Waals surface area contributed by atoms with Gasteiger partial charge in [0.25, 0.3) is 0 Å². The van der Waals surface area contributed by atoms with Gasteiger partial charge in [-0.05, 0) is 48.5 Å². The normalized spacial score (nSPS) is 18.1. The Balaban J connectivity index is 2.46. The highest BCUT2D eigenvalue weighted by Gasteiger charge is 2.27. The molecule has 0 spiro atoms. The van der Waals surface area contributed by atoms with Crippen molar-refractivity contribution in [3.8, 4) is 0 Å². The van der Waals surface area contributed by atoms with Crippen molar-refractivity contribution < 1.29 is 14.3 Å². The molecule has 1 unspecified atom stereocenters. The topological polar surface area (TPSA) is 35.5 Å². The van der Waals surface area contributed by atoms with Crippen molar-refractivity contribution in [1.82, 2.24) is 0 Å². The fourth-order valence-corrected chi connectivity index (χ4v) is 2.83. The molecule has 0 aromatic heterocycles. The quantitative estimate of drug-likeness (QED) is 0.729. The Bertz CT molecular complexity index is 657. The van der Waals surface area contributed by atoms with E-state index in [0.717, 1.165) is 17.6 Å². The molecule has 1 atom stereocenters. The lowest BCUT2D eigenvalue weighted by Crippen LogP contribution is -2.21. The van der Waals surface area contributed by atoms with E-state index in [1.807, 2.05) is 19.9 Å². The molecular weight excluding hydrogens is 300 g/mol. The van der Waals surface area contributed by atoms with Crippen LogP contribution in [-0.4, -0.2) is 18.7 Å². The molecule has 0 aliphatic carbocycles. The molecule has 2 rings (SSSR count). The Morgan fingerprint density at radius 2 is 1.79 bits per heavy atom. The van der Waals surface area contributed by atoms with Crippen molar-refractivity contribution in [3.63, 3.8) is 0 Å². The maximum atomic E-state index is 12.4. The van der Waals surface area contributed by atoms with Crippen molar-refractivity contribution >= 4 is 11.5 Å². The van der Waals surface area contributed by atoms with Gasteiger partial charge in [0.2, 0.25) is 0 Å². The fourth-order valence-electron chi connectivity index (χ4n) is 2.83.